The molecule has 8 aliphatic heterocycles. The molecule has 4 fully saturated rings. The molecule has 0 saturated carbocycles. The minimum Gasteiger partial charge on any atom is -0.435 e. The normalized spacial score (nSPS) is 18.5. The Morgan fingerprint density at radius 2 is 0.664 bits per heavy atom. The molecule has 0 bridgehead atoms. The zero-order valence-electron chi connectivity index (χ0n) is 60.3. The third-order valence-corrected chi connectivity index (χ3v) is 17.8. The summed E-state index contributed by atoms with van der Waals surface area (Å²) >= 11 is 23.3. The van der Waals surface area contributed by atoms with E-state index in [1.165, 1.54) is 140 Å². The topological polar surface area (TPSA) is 462 Å². The first-order valence-corrected chi connectivity index (χ1v) is 35.5. The quantitative estimate of drug-likeness (QED) is 0.145. The first-order chi connectivity index (χ1) is 54.3. The molecule has 40 nitrogen and oxygen atoms in total. The number of halogens is 4. The fourth-order valence-corrected chi connectivity index (χ4v) is 11.7. The highest BCUT2D eigenvalue weighted by Gasteiger charge is 2.48. The van der Waals surface area contributed by atoms with Crippen LogP contribution in [0.15, 0.2) is 123 Å². The van der Waals surface area contributed by atoms with E-state index in [2.05, 4.69) is 75.8 Å². The number of hydrogen-bond donors (Lipinski definition) is 3. The molecule has 3 N–H and O–H groups in total. The van der Waals surface area contributed by atoms with Gasteiger partial charge in [-0.3, -0.25) is 77.7 Å². The Balaban J connectivity index is 0.000000141. The van der Waals surface area contributed by atoms with E-state index in [9.17, 15) is 57.5 Å². The number of anilines is 4. The summed E-state index contributed by atoms with van der Waals surface area (Å²) in [5.74, 6) is -1.94. The van der Waals surface area contributed by atoms with Crippen LogP contribution < -0.4 is 35.6 Å². The maximum atomic E-state index is 12.8. The van der Waals surface area contributed by atoms with Gasteiger partial charge in [0, 0.05) is 162 Å². The zero-order chi connectivity index (χ0) is 80.7. The van der Waals surface area contributed by atoms with Crippen LogP contribution in [0.4, 0.5) is 32.9 Å². The number of pyridine rings is 4. The van der Waals surface area contributed by atoms with E-state index >= 15 is 0 Å². The highest BCUT2D eigenvalue weighted by atomic mass is 35.5. The summed E-state index contributed by atoms with van der Waals surface area (Å²) in [6, 6.07) is 12.5. The summed E-state index contributed by atoms with van der Waals surface area (Å²) in [4.78, 5) is 204. The molecule has 4 saturated heterocycles. The molecule has 0 radical (unpaired) electrons. The average Bonchev–Trinajstić information content (AvgIpc) is 1.64. The van der Waals surface area contributed by atoms with E-state index in [0.717, 1.165) is 26.2 Å². The molecular formula is C69H66Cl4N24O16. The maximum Gasteiger partial charge on any atom is 0.412 e. The van der Waals surface area contributed by atoms with E-state index in [-0.39, 0.29) is 93.9 Å². The molecular weight excluding hydrogens is 1560 g/mol. The number of carbonyl (C=O) groups excluding carboxylic acids is 12. The van der Waals surface area contributed by atoms with Gasteiger partial charge in [0.1, 0.15) is 59.1 Å². The molecule has 16 heterocycles. The fraction of sp³-hybridized carbons (Fsp3) is 0.304. The van der Waals surface area contributed by atoms with Crippen molar-refractivity contribution in [2.45, 2.75) is 38.8 Å². The Hall–Kier alpha value is -12.8. The Bertz CT molecular complexity index is 4650. The molecule has 0 aromatic carbocycles. The Kier molecular flexibility index (Phi) is 26.5. The lowest BCUT2D eigenvalue weighted by Crippen LogP contribution is -2.51. The molecule has 8 aromatic heterocycles. The molecule has 16 rings (SSSR count). The van der Waals surface area contributed by atoms with Gasteiger partial charge in [-0.05, 0) is 48.5 Å². The van der Waals surface area contributed by atoms with Crippen molar-refractivity contribution in [2.24, 2.45) is 0 Å². The number of amides is 10. The van der Waals surface area contributed by atoms with Crippen LogP contribution in [0.25, 0.3) is 0 Å². The van der Waals surface area contributed by atoms with Gasteiger partial charge < -0.3 is 49.6 Å². The van der Waals surface area contributed by atoms with Gasteiger partial charge in [-0.15, -0.1) is 0 Å². The number of hydrogen-bond acceptors (Lipinski definition) is 30. The van der Waals surface area contributed by atoms with Crippen LogP contribution in [0.2, 0.25) is 20.1 Å². The van der Waals surface area contributed by atoms with Crippen molar-refractivity contribution in [3.63, 3.8) is 0 Å². The number of nitrogens with zero attached hydrogens (tertiary/aromatic N) is 21. The zero-order valence-corrected chi connectivity index (χ0v) is 63.3. The van der Waals surface area contributed by atoms with Crippen LogP contribution in [0.3, 0.4) is 0 Å². The number of rotatable bonds is 8. The highest BCUT2D eigenvalue weighted by molar-refractivity contribution is 6.31. The maximum absolute atomic E-state index is 12.8. The summed E-state index contributed by atoms with van der Waals surface area (Å²) in [5.41, 5.74) is 1.42. The van der Waals surface area contributed by atoms with Gasteiger partial charge in [0.25, 0.3) is 23.6 Å². The first kappa shape index (κ1) is 81.2. The van der Waals surface area contributed by atoms with Crippen molar-refractivity contribution in [3.05, 3.63) is 189 Å². The third kappa shape index (κ3) is 19.3. The lowest BCUT2D eigenvalue weighted by molar-refractivity contribution is -0.147. The molecule has 10 amide bonds. The number of likely N-dealkylation sites (N-methyl/N-ethyl adjacent to an activating group) is 3. The molecule has 8 aliphatic rings. The predicted octanol–water partition coefficient (Wildman–Crippen LogP) is 3.44. The smallest absolute Gasteiger partial charge is 0.412 e. The predicted molar refractivity (Wildman–Crippen MR) is 395 cm³/mol. The van der Waals surface area contributed by atoms with Crippen molar-refractivity contribution in [2.75, 3.05) is 119 Å². The largest absolute Gasteiger partial charge is 0.435 e. The fourth-order valence-electron chi connectivity index (χ4n) is 11.3. The number of aromatic nitrogens is 12. The number of fused-ring (bicyclic) bond motifs is 4. The summed E-state index contributed by atoms with van der Waals surface area (Å²) < 4.78 is 21.5. The van der Waals surface area contributed by atoms with Gasteiger partial charge in [-0.1, -0.05) is 46.4 Å². The van der Waals surface area contributed by atoms with Crippen LogP contribution in [-0.2, 0) is 47.7 Å². The molecule has 586 valence electrons. The third-order valence-electron chi connectivity index (χ3n) is 16.9. The number of piperazine rings is 4. The average molecular weight is 1630 g/mol. The van der Waals surface area contributed by atoms with Gasteiger partial charge in [-0.2, -0.15) is 0 Å². The first-order valence-electron chi connectivity index (χ1n) is 34.0. The van der Waals surface area contributed by atoms with Gasteiger partial charge in [0.2, 0.25) is 48.5 Å². The van der Waals surface area contributed by atoms with Crippen LogP contribution in [-0.4, -0.2) is 255 Å². The molecule has 0 spiro atoms. The van der Waals surface area contributed by atoms with Crippen molar-refractivity contribution < 1.29 is 76.5 Å². The van der Waals surface area contributed by atoms with E-state index in [4.69, 9.17) is 65.4 Å². The van der Waals surface area contributed by atoms with Gasteiger partial charge >= 0.3 is 24.1 Å². The van der Waals surface area contributed by atoms with E-state index in [1.807, 2.05) is 7.05 Å². The second-order valence-electron chi connectivity index (χ2n) is 24.6. The molecule has 44 heteroatoms. The summed E-state index contributed by atoms with van der Waals surface area (Å²) in [7, 11) is 5.16. The second kappa shape index (κ2) is 36.8. The van der Waals surface area contributed by atoms with E-state index < -0.39 is 72.7 Å². The Morgan fingerprint density at radius 1 is 0.363 bits per heavy atom. The summed E-state index contributed by atoms with van der Waals surface area (Å²) in [5, 5.41) is 10.2. The van der Waals surface area contributed by atoms with Crippen LogP contribution >= 0.6 is 46.4 Å². The highest BCUT2D eigenvalue weighted by Crippen LogP contribution is 2.40. The molecule has 0 aliphatic carbocycles. The van der Waals surface area contributed by atoms with Crippen LogP contribution in [0.1, 0.15) is 103 Å². The van der Waals surface area contributed by atoms with E-state index in [0.29, 0.717) is 71.0 Å². The molecule has 4 atom stereocenters. The summed E-state index contributed by atoms with van der Waals surface area (Å²) in [6.45, 7) is 8.24. The van der Waals surface area contributed by atoms with Gasteiger partial charge in [0.15, 0.2) is 22.8 Å². The molecule has 8 aromatic rings. The van der Waals surface area contributed by atoms with Crippen molar-refractivity contribution in [1.82, 2.24) is 100 Å². The van der Waals surface area contributed by atoms with Crippen LogP contribution in [0.5, 0.6) is 0 Å². The molecule has 4 unspecified atom stereocenters. The minimum atomic E-state index is -1.15. The monoisotopic (exact) mass is 1630 g/mol. The summed E-state index contributed by atoms with van der Waals surface area (Å²) in [6.07, 6.45) is 11.1. The van der Waals surface area contributed by atoms with Gasteiger partial charge in [-0.25, -0.2) is 69.1 Å². The van der Waals surface area contributed by atoms with Crippen molar-refractivity contribution >= 4 is 141 Å². The van der Waals surface area contributed by atoms with Crippen molar-refractivity contribution in [1.29, 1.82) is 0 Å². The second-order valence-corrected chi connectivity index (χ2v) is 26.3. The van der Waals surface area contributed by atoms with E-state index in [1.54, 1.807) is 55.4 Å². The van der Waals surface area contributed by atoms with Gasteiger partial charge in [0.05, 0.1) is 33.2 Å². The Morgan fingerprint density at radius 3 is 0.903 bits per heavy atom. The number of esters is 2. The number of carbonyl (C=O) groups is 12. The minimum absolute atomic E-state index is 0.0755. The van der Waals surface area contributed by atoms with Crippen molar-refractivity contribution in [3.8, 4) is 0 Å². The lowest BCUT2D eigenvalue weighted by atomic mass is 10.3. The lowest BCUT2D eigenvalue weighted by Gasteiger charge is -2.32. The number of ether oxygens (including phenoxy) is 4. The SMILES string of the molecule is CC(=O)OC1c2nccnc2C(=O)N1c1ccc(Cl)cn1.CC(=O)OC1c2nccnc2C(=O)N1c1ccc(Cl)cn1.CN1CCN(C(=O)OC2c3nccnc3C(=O)N2c2ccc(Cl)cn2)CC1=O.CN1CCN(C(=O)OC2c3nccnc3C(=O)N2c2ccc(Cl)cn2)CC1=O.CN1CCNCC1=O.O=C1CNCCN1. The standard InChI is InChI=1S/2C17H15ClN6O4.2C13H9ClN4O3.C5H10N2O.C4H8N2O/c2*1-22-6-7-23(9-12(22)25)17(27)28-16-14-13(19-4-5-20-14)15(26)24(16)11-3-2-10(18)8-21-11;2*1-7(19)21-13-11-10(15-4-5-16-11)12(20)18(13)9-3-2-8(14)6-17-9;1-7-3-2-6-4-5(7)8;7-4-3-5-1-2-6-4/h2*2-5,8,16H,6-7,9H2,1H3;2*2-6,13H,1H3;6H,2-4H2,1H3;5H,1-3H2,(H,6,7). The Labute approximate surface area is 661 Å². The number of nitrogens with one attached hydrogen (secondary N) is 3. The van der Waals surface area contributed by atoms with Crippen LogP contribution in [0, 0.1) is 0 Å². The molecule has 113 heavy (non-hydrogen) atoms.